The van der Waals surface area contributed by atoms with E-state index in [4.69, 9.17) is 4.74 Å². The number of hydrogen-bond acceptors (Lipinski definition) is 6. The SMILES string of the molecule is Cl.O=C(Cc1cccs1)N[C@H]1CC[C@@]2(O)[C@H]3Cc4ccc(O)c5c4[C@@]2(CCN3CC2CC2)[C@H]1O5. The van der Waals surface area contributed by atoms with E-state index in [1.807, 2.05) is 23.6 Å². The summed E-state index contributed by atoms with van der Waals surface area (Å²) in [4.78, 5) is 16.5. The summed E-state index contributed by atoms with van der Waals surface area (Å²) in [6.45, 7) is 1.99. The molecule has 3 aliphatic carbocycles. The summed E-state index contributed by atoms with van der Waals surface area (Å²) in [5.41, 5.74) is 0.699. The zero-order valence-electron chi connectivity index (χ0n) is 19.0. The molecule has 1 saturated heterocycles. The molecule has 8 heteroatoms. The molecule has 5 aliphatic rings. The minimum Gasteiger partial charge on any atom is -0.504 e. The van der Waals surface area contributed by atoms with Crippen LogP contribution in [0, 0.1) is 5.92 Å². The van der Waals surface area contributed by atoms with Crippen LogP contribution in [0.15, 0.2) is 29.6 Å². The van der Waals surface area contributed by atoms with E-state index >= 15 is 0 Å². The van der Waals surface area contributed by atoms with Crippen molar-refractivity contribution in [3.05, 3.63) is 45.6 Å². The molecule has 34 heavy (non-hydrogen) atoms. The van der Waals surface area contributed by atoms with Crippen LogP contribution in [0.5, 0.6) is 11.5 Å². The highest BCUT2D eigenvalue weighted by Crippen LogP contribution is 2.65. The predicted molar refractivity (Wildman–Crippen MR) is 132 cm³/mol. The number of carbonyl (C=O) groups is 1. The molecule has 1 amide bonds. The molecule has 2 saturated carbocycles. The quantitative estimate of drug-likeness (QED) is 0.585. The van der Waals surface area contributed by atoms with Crippen molar-refractivity contribution in [3.63, 3.8) is 0 Å². The Morgan fingerprint density at radius 1 is 1.24 bits per heavy atom. The highest BCUT2D eigenvalue weighted by Gasteiger charge is 2.73. The number of carbonyl (C=O) groups excluding carboxylic acids is 1. The third-order valence-corrected chi connectivity index (χ3v) is 9.90. The van der Waals surface area contributed by atoms with Crippen LogP contribution < -0.4 is 10.1 Å². The minimum absolute atomic E-state index is 0. The van der Waals surface area contributed by atoms with Crippen LogP contribution in [0.2, 0.25) is 0 Å². The van der Waals surface area contributed by atoms with E-state index in [9.17, 15) is 15.0 Å². The van der Waals surface area contributed by atoms with Crippen molar-refractivity contribution in [1.29, 1.82) is 0 Å². The van der Waals surface area contributed by atoms with Gasteiger partial charge in [0.05, 0.1) is 23.5 Å². The van der Waals surface area contributed by atoms with Gasteiger partial charge in [-0.1, -0.05) is 12.1 Å². The minimum atomic E-state index is -0.911. The van der Waals surface area contributed by atoms with Crippen molar-refractivity contribution < 1.29 is 19.7 Å². The average molecular weight is 503 g/mol. The van der Waals surface area contributed by atoms with E-state index in [2.05, 4.69) is 10.2 Å². The second-order valence-electron chi connectivity index (χ2n) is 10.8. The Bertz CT molecular complexity index is 1120. The second-order valence-corrected chi connectivity index (χ2v) is 11.8. The number of hydrogen-bond donors (Lipinski definition) is 3. The molecule has 0 unspecified atom stereocenters. The number of phenols is 1. The lowest BCUT2D eigenvalue weighted by atomic mass is 9.48. The van der Waals surface area contributed by atoms with Crippen molar-refractivity contribution in [2.75, 3.05) is 13.1 Å². The molecule has 2 aliphatic heterocycles. The number of thiophene rings is 1. The average Bonchev–Trinajstić information content (AvgIpc) is 3.31. The lowest BCUT2D eigenvalue weighted by Gasteiger charge is -2.64. The maximum absolute atomic E-state index is 12.9. The number of benzene rings is 1. The van der Waals surface area contributed by atoms with Gasteiger partial charge in [-0.05, 0) is 74.1 Å². The van der Waals surface area contributed by atoms with Crippen LogP contribution in [0.4, 0.5) is 0 Å². The van der Waals surface area contributed by atoms with Crippen molar-refractivity contribution in [2.45, 2.75) is 74.1 Å². The van der Waals surface area contributed by atoms with Gasteiger partial charge in [0, 0.05) is 23.0 Å². The van der Waals surface area contributed by atoms with Crippen LogP contribution >= 0.6 is 23.7 Å². The molecule has 2 bridgehead atoms. The standard InChI is InChI=1S/C26H30N2O4S.ClH/c29-19-6-5-16-12-20-26(31)8-7-18(27-21(30)13-17-2-1-11-33-17)24-25(26,22(16)23(19)32-24)9-10-28(20)14-15-3-4-15;/h1-2,5-6,11,15,18,20,24,29,31H,3-4,7-10,12-14H2,(H,27,30);1H/t18-,20+,24-,25-,26+;/m0./s1. The molecule has 3 heterocycles. The van der Waals surface area contributed by atoms with Gasteiger partial charge >= 0.3 is 0 Å². The third-order valence-electron chi connectivity index (χ3n) is 9.02. The van der Waals surface area contributed by atoms with Crippen molar-refractivity contribution in [3.8, 4) is 11.5 Å². The fourth-order valence-electron chi connectivity index (χ4n) is 7.46. The molecule has 1 aromatic heterocycles. The number of nitrogens with one attached hydrogen (secondary N) is 1. The third kappa shape index (κ3) is 3.03. The number of ether oxygens (including phenoxy) is 1. The monoisotopic (exact) mass is 502 g/mol. The highest BCUT2D eigenvalue weighted by molar-refractivity contribution is 7.10. The molecular formula is C26H31ClN2O4S. The van der Waals surface area contributed by atoms with Gasteiger partial charge in [0.25, 0.3) is 0 Å². The summed E-state index contributed by atoms with van der Waals surface area (Å²) >= 11 is 1.59. The zero-order chi connectivity index (χ0) is 22.4. The summed E-state index contributed by atoms with van der Waals surface area (Å²) in [5, 5.41) is 28.4. The maximum atomic E-state index is 12.9. The van der Waals surface area contributed by atoms with Gasteiger partial charge < -0.3 is 20.3 Å². The van der Waals surface area contributed by atoms with E-state index in [1.54, 1.807) is 17.4 Å². The van der Waals surface area contributed by atoms with E-state index in [0.29, 0.717) is 25.0 Å². The molecule has 7 rings (SSSR count). The van der Waals surface area contributed by atoms with E-state index in [1.165, 1.54) is 18.4 Å². The van der Waals surface area contributed by atoms with Crippen molar-refractivity contribution >= 4 is 29.7 Å². The Hall–Kier alpha value is -1.80. The molecule has 3 fully saturated rings. The van der Waals surface area contributed by atoms with Crippen LogP contribution in [0.1, 0.15) is 48.1 Å². The molecule has 3 N–H and O–H groups in total. The molecule has 2 aromatic rings. The number of nitrogens with zero attached hydrogens (tertiary/aromatic N) is 1. The van der Waals surface area contributed by atoms with Gasteiger partial charge in [-0.15, -0.1) is 23.7 Å². The maximum Gasteiger partial charge on any atom is 0.225 e. The number of likely N-dealkylation sites (tertiary alicyclic amines) is 1. The Labute approximate surface area is 209 Å². The van der Waals surface area contributed by atoms with Crippen LogP contribution in [0.25, 0.3) is 0 Å². The van der Waals surface area contributed by atoms with Gasteiger partial charge in [-0.25, -0.2) is 0 Å². The topological polar surface area (TPSA) is 82.0 Å². The van der Waals surface area contributed by atoms with Gasteiger partial charge in [-0.2, -0.15) is 0 Å². The van der Waals surface area contributed by atoms with Gasteiger partial charge in [0.2, 0.25) is 5.91 Å². The molecule has 1 aromatic carbocycles. The number of rotatable bonds is 5. The van der Waals surface area contributed by atoms with Crippen molar-refractivity contribution in [2.24, 2.45) is 5.92 Å². The van der Waals surface area contributed by atoms with E-state index in [0.717, 1.165) is 42.3 Å². The smallest absolute Gasteiger partial charge is 0.225 e. The van der Waals surface area contributed by atoms with E-state index < -0.39 is 11.0 Å². The fourth-order valence-corrected chi connectivity index (χ4v) is 8.16. The number of halogens is 1. The molecular weight excluding hydrogens is 472 g/mol. The lowest BCUT2D eigenvalue weighted by Crippen LogP contribution is -2.78. The summed E-state index contributed by atoms with van der Waals surface area (Å²) < 4.78 is 6.51. The lowest BCUT2D eigenvalue weighted by molar-refractivity contribution is -0.192. The molecule has 6 nitrogen and oxygen atoms in total. The summed E-state index contributed by atoms with van der Waals surface area (Å²) in [7, 11) is 0. The Morgan fingerprint density at radius 3 is 2.85 bits per heavy atom. The number of phenolic OH excluding ortho intramolecular Hbond substituents is 1. The van der Waals surface area contributed by atoms with Gasteiger partial charge in [0.1, 0.15) is 6.10 Å². The Balaban J connectivity index is 0.00000217. The van der Waals surface area contributed by atoms with E-state index in [-0.39, 0.29) is 42.3 Å². The van der Waals surface area contributed by atoms with Gasteiger partial charge in [-0.3, -0.25) is 9.69 Å². The largest absolute Gasteiger partial charge is 0.504 e. The number of piperidine rings is 1. The number of amides is 1. The zero-order valence-corrected chi connectivity index (χ0v) is 20.7. The number of aromatic hydroxyl groups is 1. The first-order valence-corrected chi connectivity index (χ1v) is 13.2. The first-order chi connectivity index (χ1) is 16.0. The van der Waals surface area contributed by atoms with Crippen LogP contribution in [0.3, 0.4) is 0 Å². The second kappa shape index (κ2) is 7.85. The Morgan fingerprint density at radius 2 is 2.09 bits per heavy atom. The van der Waals surface area contributed by atoms with Crippen molar-refractivity contribution in [1.82, 2.24) is 10.2 Å². The van der Waals surface area contributed by atoms with Crippen LogP contribution in [-0.2, 0) is 23.1 Å². The molecule has 5 atom stereocenters. The first-order valence-electron chi connectivity index (χ1n) is 12.3. The first kappa shape index (κ1) is 22.7. The highest BCUT2D eigenvalue weighted by atomic mass is 35.5. The predicted octanol–water partition coefficient (Wildman–Crippen LogP) is 3.17. The normalized spacial score (nSPS) is 35.1. The summed E-state index contributed by atoms with van der Waals surface area (Å²) in [6, 6.07) is 7.57. The summed E-state index contributed by atoms with van der Waals surface area (Å²) in [5.74, 6) is 1.43. The number of aliphatic hydroxyl groups is 1. The summed E-state index contributed by atoms with van der Waals surface area (Å²) in [6.07, 6.45) is 5.48. The molecule has 1 spiro atoms. The Kier molecular flexibility index (Phi) is 5.23. The molecule has 0 radical (unpaired) electrons. The van der Waals surface area contributed by atoms with Gasteiger partial charge in [0.15, 0.2) is 11.5 Å². The van der Waals surface area contributed by atoms with Crippen LogP contribution in [-0.4, -0.2) is 57.9 Å². The molecule has 182 valence electrons. The fraction of sp³-hybridized carbons (Fsp3) is 0.577.